The van der Waals surface area contributed by atoms with Crippen molar-refractivity contribution in [3.8, 4) is 11.5 Å². The molecule has 6 nitrogen and oxygen atoms in total. The van der Waals surface area contributed by atoms with Gasteiger partial charge in [-0.2, -0.15) is 0 Å². The van der Waals surface area contributed by atoms with E-state index in [1.807, 2.05) is 12.1 Å². The molecule has 0 atom stereocenters. The Morgan fingerprint density at radius 1 is 1.07 bits per heavy atom. The normalized spacial score (nSPS) is 11.4. The minimum absolute atomic E-state index is 0.755. The number of unbranched alkanes of at least 4 members (excludes halogenated alkanes) is 1. The zero-order valence-corrected chi connectivity index (χ0v) is 17.7. The zero-order chi connectivity index (χ0) is 19.9. The quantitative estimate of drug-likeness (QED) is 0.324. The van der Waals surface area contributed by atoms with Gasteiger partial charge in [-0.25, -0.2) is 0 Å². The molecule has 27 heavy (non-hydrogen) atoms. The Morgan fingerprint density at radius 3 is 2.48 bits per heavy atom. The van der Waals surface area contributed by atoms with Crippen LogP contribution >= 0.6 is 0 Å². The molecule has 0 saturated heterocycles. The molecule has 0 radical (unpaired) electrons. The van der Waals surface area contributed by atoms with E-state index in [9.17, 15) is 0 Å². The van der Waals surface area contributed by atoms with Gasteiger partial charge in [0, 0.05) is 39.9 Å². The third-order valence-corrected chi connectivity index (χ3v) is 4.23. The number of nitrogens with zero attached hydrogens (tertiary/aromatic N) is 2. The molecule has 0 aliphatic heterocycles. The maximum atomic E-state index is 5.60. The van der Waals surface area contributed by atoms with Crippen molar-refractivity contribution >= 4 is 5.96 Å². The van der Waals surface area contributed by atoms with Crippen molar-refractivity contribution < 1.29 is 14.2 Å². The van der Waals surface area contributed by atoms with Gasteiger partial charge in [0.1, 0.15) is 0 Å². The smallest absolute Gasteiger partial charge is 0.193 e. The Labute approximate surface area is 164 Å². The summed E-state index contributed by atoms with van der Waals surface area (Å²) in [6.07, 6.45) is 4.15. The Kier molecular flexibility index (Phi) is 12.1. The molecule has 0 unspecified atom stereocenters. The summed E-state index contributed by atoms with van der Waals surface area (Å²) >= 11 is 0. The largest absolute Gasteiger partial charge is 0.493 e. The van der Waals surface area contributed by atoms with Gasteiger partial charge in [0.05, 0.1) is 14.2 Å². The molecule has 0 aromatic heterocycles. The Bertz CT molecular complexity index is 549. The number of ether oxygens (including phenoxy) is 3. The highest BCUT2D eigenvalue weighted by Crippen LogP contribution is 2.27. The van der Waals surface area contributed by atoms with E-state index in [1.165, 1.54) is 12.0 Å². The van der Waals surface area contributed by atoms with E-state index in [-0.39, 0.29) is 0 Å². The van der Waals surface area contributed by atoms with Gasteiger partial charge < -0.3 is 24.4 Å². The molecule has 0 bridgehead atoms. The van der Waals surface area contributed by atoms with Crippen molar-refractivity contribution in [3.05, 3.63) is 23.8 Å². The van der Waals surface area contributed by atoms with E-state index in [0.717, 1.165) is 69.6 Å². The summed E-state index contributed by atoms with van der Waals surface area (Å²) in [6.45, 7) is 8.39. The van der Waals surface area contributed by atoms with Crippen LogP contribution in [0.1, 0.15) is 38.7 Å². The van der Waals surface area contributed by atoms with E-state index in [0.29, 0.717) is 0 Å². The van der Waals surface area contributed by atoms with Gasteiger partial charge in [-0.3, -0.25) is 4.99 Å². The fourth-order valence-electron chi connectivity index (χ4n) is 2.61. The predicted octanol–water partition coefficient (Wildman–Crippen LogP) is 3.35. The Hall–Kier alpha value is -1.95. The molecule has 0 aliphatic carbocycles. The molecule has 1 aromatic rings. The van der Waals surface area contributed by atoms with Gasteiger partial charge in [-0.05, 0) is 43.9 Å². The highest BCUT2D eigenvalue weighted by Gasteiger charge is 2.08. The SMILES string of the molecule is CCCCOCCCN=C(NCC)N(C)CCc1ccc(OC)c(OC)c1. The second-order valence-corrected chi connectivity index (χ2v) is 6.42. The number of benzene rings is 1. The van der Waals surface area contributed by atoms with Crippen LogP contribution in [0.25, 0.3) is 0 Å². The fraction of sp³-hybridized carbons (Fsp3) is 0.667. The molecule has 1 N–H and O–H groups in total. The lowest BCUT2D eigenvalue weighted by atomic mass is 10.1. The number of methoxy groups -OCH3 is 2. The molecule has 154 valence electrons. The molecule has 0 heterocycles. The first-order valence-electron chi connectivity index (χ1n) is 9.94. The van der Waals surface area contributed by atoms with Crippen LogP contribution in [-0.4, -0.2) is 65.0 Å². The highest BCUT2D eigenvalue weighted by molar-refractivity contribution is 5.79. The highest BCUT2D eigenvalue weighted by atomic mass is 16.5. The van der Waals surface area contributed by atoms with Crippen LogP contribution in [0, 0.1) is 0 Å². The van der Waals surface area contributed by atoms with E-state index in [1.54, 1.807) is 14.2 Å². The van der Waals surface area contributed by atoms with Gasteiger partial charge in [-0.15, -0.1) is 0 Å². The van der Waals surface area contributed by atoms with E-state index in [2.05, 4.69) is 37.2 Å². The average molecular weight is 380 g/mol. The topological polar surface area (TPSA) is 55.3 Å². The fourth-order valence-corrected chi connectivity index (χ4v) is 2.61. The van der Waals surface area contributed by atoms with E-state index >= 15 is 0 Å². The van der Waals surface area contributed by atoms with Crippen LogP contribution in [0.4, 0.5) is 0 Å². The summed E-state index contributed by atoms with van der Waals surface area (Å²) in [7, 11) is 5.38. The number of hydrogen-bond donors (Lipinski definition) is 1. The lowest BCUT2D eigenvalue weighted by Gasteiger charge is -2.22. The number of guanidine groups is 1. The predicted molar refractivity (Wildman–Crippen MR) is 112 cm³/mol. The summed E-state index contributed by atoms with van der Waals surface area (Å²) < 4.78 is 16.3. The standard InChI is InChI=1S/C21H37N3O3/c1-6-8-15-27-16-9-13-23-21(22-7-2)24(3)14-12-18-10-11-19(25-4)20(17-18)26-5/h10-11,17H,6-9,12-16H2,1-5H3,(H,22,23). The molecule has 0 amide bonds. The van der Waals surface area contributed by atoms with Crippen molar-refractivity contribution in [2.75, 3.05) is 54.1 Å². The van der Waals surface area contributed by atoms with Crippen molar-refractivity contribution in [2.45, 2.75) is 39.5 Å². The van der Waals surface area contributed by atoms with Gasteiger partial charge in [0.25, 0.3) is 0 Å². The molecule has 1 rings (SSSR count). The van der Waals surface area contributed by atoms with Crippen molar-refractivity contribution in [1.82, 2.24) is 10.2 Å². The number of aliphatic imine (C=N–C) groups is 1. The van der Waals surface area contributed by atoms with Crippen LogP contribution in [-0.2, 0) is 11.2 Å². The lowest BCUT2D eigenvalue weighted by molar-refractivity contribution is 0.130. The molecule has 0 fully saturated rings. The lowest BCUT2D eigenvalue weighted by Crippen LogP contribution is -2.40. The first-order valence-corrected chi connectivity index (χ1v) is 9.94. The molecular weight excluding hydrogens is 342 g/mol. The maximum absolute atomic E-state index is 5.60. The number of hydrogen-bond acceptors (Lipinski definition) is 4. The van der Waals surface area contributed by atoms with Crippen molar-refractivity contribution in [1.29, 1.82) is 0 Å². The number of likely N-dealkylation sites (N-methyl/N-ethyl adjacent to an activating group) is 1. The first-order chi connectivity index (χ1) is 13.2. The molecule has 0 saturated carbocycles. The van der Waals surface area contributed by atoms with Crippen molar-refractivity contribution in [3.63, 3.8) is 0 Å². The molecule has 6 heteroatoms. The second-order valence-electron chi connectivity index (χ2n) is 6.42. The summed E-state index contributed by atoms with van der Waals surface area (Å²) in [5.41, 5.74) is 1.21. The van der Waals surface area contributed by atoms with Gasteiger partial charge in [0.15, 0.2) is 17.5 Å². The number of rotatable bonds is 13. The molecule has 1 aromatic carbocycles. The molecular formula is C21H37N3O3. The minimum Gasteiger partial charge on any atom is -0.493 e. The monoisotopic (exact) mass is 379 g/mol. The average Bonchev–Trinajstić information content (AvgIpc) is 2.70. The van der Waals surface area contributed by atoms with Crippen LogP contribution in [0.5, 0.6) is 11.5 Å². The van der Waals surface area contributed by atoms with Crippen LogP contribution < -0.4 is 14.8 Å². The minimum atomic E-state index is 0.755. The summed E-state index contributed by atoms with van der Waals surface area (Å²) in [5.74, 6) is 2.46. The van der Waals surface area contributed by atoms with Crippen molar-refractivity contribution in [2.24, 2.45) is 4.99 Å². The van der Waals surface area contributed by atoms with E-state index < -0.39 is 0 Å². The summed E-state index contributed by atoms with van der Waals surface area (Å²) in [5, 5.41) is 3.36. The second kappa shape index (κ2) is 14.2. The van der Waals surface area contributed by atoms with E-state index in [4.69, 9.17) is 19.2 Å². The first kappa shape index (κ1) is 23.1. The zero-order valence-electron chi connectivity index (χ0n) is 17.7. The third-order valence-electron chi connectivity index (χ3n) is 4.23. The van der Waals surface area contributed by atoms with Gasteiger partial charge in [-0.1, -0.05) is 19.4 Å². The third kappa shape index (κ3) is 9.00. The Morgan fingerprint density at radius 2 is 1.81 bits per heavy atom. The van der Waals surface area contributed by atoms with Crippen LogP contribution in [0.2, 0.25) is 0 Å². The maximum Gasteiger partial charge on any atom is 0.193 e. The van der Waals surface area contributed by atoms with Gasteiger partial charge in [0.2, 0.25) is 0 Å². The molecule has 0 aliphatic rings. The van der Waals surface area contributed by atoms with Gasteiger partial charge >= 0.3 is 0 Å². The summed E-state index contributed by atoms with van der Waals surface area (Å²) in [4.78, 5) is 6.88. The molecule has 0 spiro atoms. The number of nitrogens with one attached hydrogen (secondary N) is 1. The van der Waals surface area contributed by atoms with Crippen LogP contribution in [0.3, 0.4) is 0 Å². The summed E-state index contributed by atoms with van der Waals surface area (Å²) in [6, 6.07) is 6.06. The Balaban J connectivity index is 2.50. The van der Waals surface area contributed by atoms with Crippen LogP contribution in [0.15, 0.2) is 23.2 Å².